The number of benzene rings is 7. The van der Waals surface area contributed by atoms with Crippen LogP contribution in [0.25, 0.3) is 77.3 Å². The molecule has 0 unspecified atom stereocenters. The Labute approximate surface area is 326 Å². The van der Waals surface area contributed by atoms with Crippen molar-refractivity contribution in [1.29, 1.82) is 5.41 Å². The molecule has 0 saturated heterocycles. The molecule has 0 spiro atoms. The van der Waals surface area contributed by atoms with Gasteiger partial charge in [0.25, 0.3) is 0 Å². The number of hydrogen-bond donors (Lipinski definition) is 1. The quantitative estimate of drug-likeness (QED) is 0.130. The van der Waals surface area contributed by atoms with E-state index in [9.17, 15) is 5.41 Å². The predicted octanol–water partition coefficient (Wildman–Crippen LogP) is 12.5. The molecule has 0 amide bonds. The van der Waals surface area contributed by atoms with Crippen LogP contribution in [-0.4, -0.2) is 26.5 Å². The molecule has 10 aromatic rings. The van der Waals surface area contributed by atoms with Gasteiger partial charge >= 0.3 is 0 Å². The number of nitrogens with zero attached hydrogens (tertiary/aromatic N) is 4. The summed E-state index contributed by atoms with van der Waals surface area (Å²) < 4.78 is 7.84. The van der Waals surface area contributed by atoms with Crippen molar-refractivity contribution in [3.8, 4) is 45.3 Å². The molecular formula is C49H31N5OS. The van der Waals surface area contributed by atoms with Crippen molar-refractivity contribution in [2.45, 2.75) is 0 Å². The predicted molar refractivity (Wildman–Crippen MR) is 230 cm³/mol. The summed E-state index contributed by atoms with van der Waals surface area (Å²) in [6.07, 6.45) is 0. The van der Waals surface area contributed by atoms with Gasteiger partial charge in [0.2, 0.25) is 0 Å². The number of rotatable bonds is 7. The minimum Gasteiger partial charge on any atom is -0.455 e. The second kappa shape index (κ2) is 14.1. The lowest BCUT2D eigenvalue weighted by Gasteiger charge is -2.10. The number of aromatic nitrogens is 3. The first-order valence-corrected chi connectivity index (χ1v) is 19.1. The SMILES string of the molecule is N=C(N=C(c1ccccc1)c1cc2ccccc2s1)c1cccc2oc3c(-c4cccc(-c5nc(-c6ccccc6)nc(-c6ccccc6)n5)c4)cccc3c12. The van der Waals surface area contributed by atoms with Gasteiger partial charge in [-0.3, -0.25) is 5.41 Å². The van der Waals surface area contributed by atoms with Gasteiger partial charge < -0.3 is 4.42 Å². The van der Waals surface area contributed by atoms with E-state index in [0.29, 0.717) is 28.6 Å². The van der Waals surface area contributed by atoms with E-state index < -0.39 is 0 Å². The van der Waals surface area contributed by atoms with Crippen molar-refractivity contribution in [3.63, 3.8) is 0 Å². The summed E-state index contributed by atoms with van der Waals surface area (Å²) in [7, 11) is 0. The van der Waals surface area contributed by atoms with Crippen LogP contribution in [-0.2, 0) is 0 Å². The van der Waals surface area contributed by atoms with Gasteiger partial charge in [0.15, 0.2) is 23.3 Å². The first kappa shape index (κ1) is 33.2. The molecule has 0 fully saturated rings. The van der Waals surface area contributed by atoms with Crippen molar-refractivity contribution in [1.82, 2.24) is 15.0 Å². The maximum atomic E-state index is 9.45. The van der Waals surface area contributed by atoms with Crippen LogP contribution in [0.1, 0.15) is 16.0 Å². The molecule has 10 rings (SSSR count). The number of nitrogens with one attached hydrogen (secondary N) is 1. The second-order valence-corrected chi connectivity index (χ2v) is 14.5. The van der Waals surface area contributed by atoms with Crippen LogP contribution >= 0.6 is 11.3 Å². The summed E-state index contributed by atoms with van der Waals surface area (Å²) in [4.78, 5) is 20.9. The molecular weight excluding hydrogens is 707 g/mol. The van der Waals surface area contributed by atoms with Crippen LogP contribution < -0.4 is 0 Å². The normalized spacial score (nSPS) is 11.8. The number of fused-ring (bicyclic) bond motifs is 4. The number of furan rings is 1. The minimum atomic E-state index is 0.167. The smallest absolute Gasteiger partial charge is 0.164 e. The van der Waals surface area contributed by atoms with Gasteiger partial charge in [-0.15, -0.1) is 11.3 Å². The fourth-order valence-electron chi connectivity index (χ4n) is 7.16. The fraction of sp³-hybridized carbons (Fsp3) is 0. The summed E-state index contributed by atoms with van der Waals surface area (Å²) in [5.41, 5.74) is 8.45. The number of aliphatic imine (C=N–C) groups is 1. The highest BCUT2D eigenvalue weighted by molar-refractivity contribution is 7.21. The number of thiophene rings is 1. The molecule has 3 heterocycles. The van der Waals surface area contributed by atoms with E-state index in [1.165, 1.54) is 4.70 Å². The zero-order chi connectivity index (χ0) is 37.4. The molecule has 0 radical (unpaired) electrons. The van der Waals surface area contributed by atoms with Crippen molar-refractivity contribution in [3.05, 3.63) is 198 Å². The van der Waals surface area contributed by atoms with Crippen LogP contribution in [0.5, 0.6) is 0 Å². The first-order chi connectivity index (χ1) is 27.7. The summed E-state index contributed by atoms with van der Waals surface area (Å²) in [6.45, 7) is 0. The summed E-state index contributed by atoms with van der Waals surface area (Å²) >= 11 is 1.68. The summed E-state index contributed by atoms with van der Waals surface area (Å²) in [5.74, 6) is 1.97. The average Bonchev–Trinajstić information content (AvgIpc) is 3.88. The molecule has 0 bridgehead atoms. The maximum absolute atomic E-state index is 9.45. The topological polar surface area (TPSA) is 88.0 Å². The van der Waals surface area contributed by atoms with Gasteiger partial charge in [-0.05, 0) is 35.2 Å². The highest BCUT2D eigenvalue weighted by Crippen LogP contribution is 2.39. The lowest BCUT2D eigenvalue weighted by molar-refractivity contribution is 0.670. The van der Waals surface area contributed by atoms with Crippen LogP contribution in [0.3, 0.4) is 0 Å². The molecule has 0 aliphatic carbocycles. The molecule has 0 aliphatic heterocycles. The van der Waals surface area contributed by atoms with Gasteiger partial charge in [0.1, 0.15) is 11.2 Å². The Bertz CT molecular complexity index is 3010. The van der Waals surface area contributed by atoms with E-state index in [-0.39, 0.29) is 5.84 Å². The Hall–Kier alpha value is -7.35. The third kappa shape index (κ3) is 6.16. The second-order valence-electron chi connectivity index (χ2n) is 13.4. The molecule has 7 aromatic carbocycles. The Morgan fingerprint density at radius 2 is 1.12 bits per heavy atom. The van der Waals surface area contributed by atoms with Crippen molar-refractivity contribution in [2.75, 3.05) is 0 Å². The standard InChI is InChI=1S/C49H31N5OS/c50-46(51-44(31-15-4-1-5-16-31)42-30-35-21-10-11-28-41(35)56-42)39-26-14-27-40-43(39)38-25-13-24-37(45(38)55-40)34-22-12-23-36(29-34)49-53-47(32-17-6-2-7-18-32)52-48(54-49)33-19-8-3-9-20-33/h1-30,50H. The molecule has 6 nitrogen and oxygen atoms in total. The summed E-state index contributed by atoms with van der Waals surface area (Å²) in [5, 5.41) is 12.4. The van der Waals surface area contributed by atoms with E-state index >= 15 is 0 Å². The number of para-hydroxylation sites is 1. The Morgan fingerprint density at radius 3 is 1.84 bits per heavy atom. The van der Waals surface area contributed by atoms with Gasteiger partial charge in [-0.25, -0.2) is 19.9 Å². The van der Waals surface area contributed by atoms with E-state index in [0.717, 1.165) is 65.7 Å². The van der Waals surface area contributed by atoms with Crippen LogP contribution in [0.15, 0.2) is 191 Å². The molecule has 264 valence electrons. The van der Waals surface area contributed by atoms with Gasteiger partial charge in [-0.2, -0.15) is 0 Å². The molecule has 3 aromatic heterocycles. The van der Waals surface area contributed by atoms with Crippen LogP contribution in [0.4, 0.5) is 0 Å². The Kier molecular flexibility index (Phi) is 8.39. The van der Waals surface area contributed by atoms with E-state index in [4.69, 9.17) is 24.4 Å². The zero-order valence-electron chi connectivity index (χ0n) is 29.9. The maximum Gasteiger partial charge on any atom is 0.164 e. The van der Waals surface area contributed by atoms with Crippen LogP contribution in [0.2, 0.25) is 0 Å². The lowest BCUT2D eigenvalue weighted by atomic mass is 9.99. The van der Waals surface area contributed by atoms with Crippen molar-refractivity contribution in [2.24, 2.45) is 4.99 Å². The molecule has 0 saturated carbocycles. The average molecular weight is 738 g/mol. The minimum absolute atomic E-state index is 0.167. The number of hydrogen-bond acceptors (Lipinski definition) is 6. The fourth-order valence-corrected chi connectivity index (χ4v) is 8.24. The molecule has 0 aliphatic rings. The highest BCUT2D eigenvalue weighted by Gasteiger charge is 2.20. The van der Waals surface area contributed by atoms with Crippen molar-refractivity contribution >= 4 is 54.9 Å². The van der Waals surface area contributed by atoms with Crippen molar-refractivity contribution < 1.29 is 4.42 Å². The third-order valence-corrected chi connectivity index (χ3v) is 11.0. The largest absolute Gasteiger partial charge is 0.455 e. The Morgan fingerprint density at radius 1 is 0.536 bits per heavy atom. The third-order valence-electron chi connectivity index (χ3n) is 9.84. The van der Waals surface area contributed by atoms with Gasteiger partial charge in [0.05, 0.1) is 10.6 Å². The molecule has 56 heavy (non-hydrogen) atoms. The highest BCUT2D eigenvalue weighted by atomic mass is 32.1. The monoisotopic (exact) mass is 737 g/mol. The first-order valence-electron chi connectivity index (χ1n) is 18.3. The van der Waals surface area contributed by atoms with E-state index in [2.05, 4.69) is 48.5 Å². The van der Waals surface area contributed by atoms with Gasteiger partial charge in [-0.1, -0.05) is 158 Å². The molecule has 7 heteroatoms. The zero-order valence-corrected chi connectivity index (χ0v) is 30.7. The number of amidine groups is 1. The lowest BCUT2D eigenvalue weighted by Crippen LogP contribution is -2.06. The summed E-state index contributed by atoms with van der Waals surface area (Å²) in [6, 6.07) is 60.8. The molecule has 1 N–H and O–H groups in total. The molecule has 0 atom stereocenters. The van der Waals surface area contributed by atoms with E-state index in [1.54, 1.807) is 11.3 Å². The van der Waals surface area contributed by atoms with E-state index in [1.807, 2.05) is 133 Å². The van der Waals surface area contributed by atoms with Crippen LogP contribution in [0, 0.1) is 5.41 Å². The Balaban J connectivity index is 1.08. The van der Waals surface area contributed by atoms with Gasteiger partial charge in [0, 0.05) is 48.9 Å².